The van der Waals surface area contributed by atoms with Gasteiger partial charge in [-0.05, 0) is 131 Å². The number of carbonyl (C=O) groups excluding carboxylic acids is 2. The highest BCUT2D eigenvalue weighted by Gasteiger charge is 2.34. The van der Waals surface area contributed by atoms with Crippen LogP contribution in [0.2, 0.25) is 0 Å². The summed E-state index contributed by atoms with van der Waals surface area (Å²) in [6, 6.07) is 16.6. The Hall–Kier alpha value is -7.09. The summed E-state index contributed by atoms with van der Waals surface area (Å²) in [5, 5.41) is 14.4. The second-order valence-corrected chi connectivity index (χ2v) is 16.3. The molecule has 0 radical (unpaired) electrons. The molecular weight excluding hydrogens is 820 g/mol. The van der Waals surface area contributed by atoms with Crippen LogP contribution < -0.4 is 15.0 Å². The molecule has 2 N–H and O–H groups in total. The van der Waals surface area contributed by atoms with E-state index in [2.05, 4.69) is 39.8 Å². The maximum absolute atomic E-state index is 15.1. The van der Waals surface area contributed by atoms with E-state index >= 15 is 4.79 Å². The molecule has 1 aliphatic carbocycles. The topological polar surface area (TPSA) is 135 Å². The first-order valence-electron chi connectivity index (χ1n) is 21.2. The number of nitrogens with zero attached hydrogens (tertiary/aromatic N) is 6. The monoisotopic (exact) mass is 869 g/mol. The maximum Gasteiger partial charge on any atom is 0.426 e. The van der Waals surface area contributed by atoms with Gasteiger partial charge in [0.25, 0.3) is 5.91 Å². The fourth-order valence-corrected chi connectivity index (χ4v) is 8.03. The number of carbonyl (C=O) groups is 2. The molecule has 7 rings (SSSR count). The predicted octanol–water partition coefficient (Wildman–Crippen LogP) is 12.4. The number of unbranched alkanes of at least 4 members (excludes halogenated alkanes) is 2. The van der Waals surface area contributed by atoms with Crippen molar-refractivity contribution in [3.63, 3.8) is 0 Å². The summed E-state index contributed by atoms with van der Waals surface area (Å²) in [5.41, 5.74) is 4.75. The van der Waals surface area contributed by atoms with Gasteiger partial charge in [0.05, 0.1) is 29.0 Å². The summed E-state index contributed by atoms with van der Waals surface area (Å²) >= 11 is 0. The van der Waals surface area contributed by atoms with Crippen LogP contribution in [0.25, 0.3) is 16.9 Å². The van der Waals surface area contributed by atoms with Crippen LogP contribution in [0.4, 0.5) is 35.3 Å². The Morgan fingerprint density at radius 1 is 1.02 bits per heavy atom. The molecule has 0 spiro atoms. The maximum atomic E-state index is 15.1. The molecule has 1 aliphatic rings. The summed E-state index contributed by atoms with van der Waals surface area (Å²) in [6.45, 7) is 13.8. The molecule has 2 atom stereocenters. The average molecular weight is 870 g/mol. The van der Waals surface area contributed by atoms with E-state index in [0.29, 0.717) is 34.5 Å². The molecule has 330 valence electrons. The van der Waals surface area contributed by atoms with Crippen LogP contribution in [0.3, 0.4) is 0 Å². The van der Waals surface area contributed by atoms with E-state index in [1.54, 1.807) is 62.8 Å². The fraction of sp³-hybridized carbons (Fsp3) is 0.280. The van der Waals surface area contributed by atoms with Gasteiger partial charge in [-0.2, -0.15) is 13.2 Å². The first kappa shape index (κ1) is 44.9. The minimum absolute atomic E-state index is 0.00357. The van der Waals surface area contributed by atoms with E-state index in [1.807, 2.05) is 19.9 Å². The van der Waals surface area contributed by atoms with Crippen molar-refractivity contribution in [2.75, 3.05) is 10.2 Å². The molecule has 64 heavy (non-hydrogen) atoms. The first-order chi connectivity index (χ1) is 30.6. The number of phenols is 1. The zero-order chi connectivity index (χ0) is 45.7. The zero-order valence-corrected chi connectivity index (χ0v) is 36.4. The number of phenolic OH excluding ortho intramolecular Hbond substituents is 1. The lowest BCUT2D eigenvalue weighted by molar-refractivity contribution is -0.137. The van der Waals surface area contributed by atoms with Crippen LogP contribution in [-0.4, -0.2) is 41.6 Å². The Labute approximate surface area is 370 Å². The number of imidazole rings is 1. The van der Waals surface area contributed by atoms with Crippen LogP contribution >= 0.6 is 0 Å². The second-order valence-electron chi connectivity index (χ2n) is 16.3. The number of pyridine rings is 1. The van der Waals surface area contributed by atoms with Crippen molar-refractivity contribution in [2.24, 2.45) is 5.92 Å². The third-order valence-electron chi connectivity index (χ3n) is 11.4. The molecule has 2 unspecified atom stereocenters. The normalized spacial score (nSPS) is 15.0. The van der Waals surface area contributed by atoms with Crippen molar-refractivity contribution in [3.05, 3.63) is 155 Å². The Balaban J connectivity index is 1.33. The van der Waals surface area contributed by atoms with Crippen molar-refractivity contribution in [1.82, 2.24) is 24.5 Å². The van der Waals surface area contributed by atoms with Gasteiger partial charge >= 0.3 is 12.3 Å². The fourth-order valence-electron chi connectivity index (χ4n) is 8.03. The quantitative estimate of drug-likeness (QED) is 0.0865. The van der Waals surface area contributed by atoms with Crippen molar-refractivity contribution in [1.29, 1.82) is 0 Å². The number of rotatable bonds is 13. The minimum Gasteiger partial charge on any atom is -0.507 e. The molecule has 0 aliphatic heterocycles. The van der Waals surface area contributed by atoms with E-state index in [0.717, 1.165) is 65.8 Å². The van der Waals surface area contributed by atoms with Crippen LogP contribution in [0, 0.1) is 19.8 Å². The lowest BCUT2D eigenvalue weighted by Gasteiger charge is -2.32. The largest absolute Gasteiger partial charge is 0.507 e. The number of halogens is 3. The number of aromatic hydroxyl groups is 1. The number of nitrogens with one attached hydrogen (secondary N) is 1. The Kier molecular flexibility index (Phi) is 13.4. The number of amides is 2. The number of benzene rings is 3. The van der Waals surface area contributed by atoms with Gasteiger partial charge in [0.2, 0.25) is 5.95 Å². The highest BCUT2D eigenvalue weighted by Crippen LogP contribution is 2.47. The predicted molar refractivity (Wildman–Crippen MR) is 241 cm³/mol. The highest BCUT2D eigenvalue weighted by atomic mass is 19.4. The molecule has 0 bridgehead atoms. The second kappa shape index (κ2) is 19.1. The summed E-state index contributed by atoms with van der Waals surface area (Å²) in [4.78, 5) is 47.9. The van der Waals surface area contributed by atoms with Crippen molar-refractivity contribution < 1.29 is 32.6 Å². The van der Waals surface area contributed by atoms with Crippen LogP contribution in [-0.2, 0) is 12.6 Å². The highest BCUT2D eigenvalue weighted by molar-refractivity contribution is 6.06. The molecule has 6 aromatic rings. The number of ether oxygens (including phenoxy) is 1. The SMILES string of the molecule is C=C(C)C1CCC(C)=CC1c1c(O)cc(CCCCC)cc1OC(=O)N(c1nccc(-c2cccnc2)n1)c1cc(C(=O)Nc2cc(-n3cnc(C)c3)cc(C(F)(F)F)c2)ccc1C. The molecule has 0 saturated carbocycles. The lowest BCUT2D eigenvalue weighted by atomic mass is 9.73. The summed E-state index contributed by atoms with van der Waals surface area (Å²) in [5.74, 6) is -1.07. The Morgan fingerprint density at radius 3 is 2.53 bits per heavy atom. The number of anilines is 3. The Morgan fingerprint density at radius 2 is 1.83 bits per heavy atom. The van der Waals surface area contributed by atoms with Crippen LogP contribution in [0.5, 0.6) is 11.5 Å². The van der Waals surface area contributed by atoms with Crippen molar-refractivity contribution in [2.45, 2.75) is 85.2 Å². The van der Waals surface area contributed by atoms with E-state index in [1.165, 1.54) is 35.3 Å². The minimum atomic E-state index is -4.71. The van der Waals surface area contributed by atoms with Gasteiger partial charge in [-0.15, -0.1) is 0 Å². The summed E-state index contributed by atoms with van der Waals surface area (Å²) in [7, 11) is 0. The lowest BCUT2D eigenvalue weighted by Crippen LogP contribution is -2.32. The van der Waals surface area contributed by atoms with Gasteiger partial charge in [0.15, 0.2) is 0 Å². The number of hydrogen-bond donors (Lipinski definition) is 2. The number of aryl methyl sites for hydroxylation is 3. The molecule has 0 saturated heterocycles. The van der Waals surface area contributed by atoms with Gasteiger partial charge in [0, 0.05) is 58.8 Å². The van der Waals surface area contributed by atoms with E-state index in [-0.39, 0.29) is 51.9 Å². The van der Waals surface area contributed by atoms with Crippen molar-refractivity contribution >= 4 is 29.3 Å². The molecular formula is C50H50F3N7O4. The average Bonchev–Trinajstić information content (AvgIpc) is 3.70. The molecule has 2 amide bonds. The Bertz CT molecular complexity index is 2730. The van der Waals surface area contributed by atoms with Crippen LogP contribution in [0.15, 0.2) is 122 Å². The molecule has 0 fully saturated rings. The third-order valence-corrected chi connectivity index (χ3v) is 11.4. The molecule has 3 aromatic heterocycles. The first-order valence-corrected chi connectivity index (χ1v) is 21.2. The summed E-state index contributed by atoms with van der Waals surface area (Å²) < 4.78 is 50.3. The van der Waals surface area contributed by atoms with E-state index in [9.17, 15) is 23.1 Å². The number of hydrogen-bond acceptors (Lipinski definition) is 8. The summed E-state index contributed by atoms with van der Waals surface area (Å²) in [6.07, 6.45) is 9.28. The number of aromatic nitrogens is 5. The van der Waals surface area contributed by atoms with Crippen molar-refractivity contribution in [3.8, 4) is 28.4 Å². The molecule has 3 aromatic carbocycles. The molecule has 3 heterocycles. The van der Waals surface area contributed by atoms with Gasteiger partial charge < -0.3 is 19.7 Å². The van der Waals surface area contributed by atoms with E-state index < -0.39 is 23.7 Å². The van der Waals surface area contributed by atoms with Gasteiger partial charge in [0.1, 0.15) is 11.5 Å². The third kappa shape index (κ3) is 10.2. The van der Waals surface area contributed by atoms with Gasteiger partial charge in [-0.25, -0.2) is 24.6 Å². The smallest absolute Gasteiger partial charge is 0.426 e. The zero-order valence-electron chi connectivity index (χ0n) is 36.4. The van der Waals surface area contributed by atoms with Crippen LogP contribution in [0.1, 0.15) is 97.1 Å². The standard InChI is InChI=1S/C50H50F3N7O4/c1-7-8-9-11-34-21-44(61)46(41-20-31(4)13-16-40(41)30(2)3)45(22-34)64-49(63)60(48-55-19-17-42(58-48)36-12-10-18-54-27-36)43-23-35(15-14-32(43)5)47(62)57-38-24-37(50(51,52)53)25-39(26-38)59-28-33(6)56-29-59/h10,12,14-15,17-29,40-41,61H,2,7-9,11,13,16H2,1,3-6H3,(H,57,62). The number of alkyl halides is 3. The molecule has 14 heteroatoms. The van der Waals surface area contributed by atoms with Gasteiger partial charge in [-0.1, -0.05) is 49.6 Å². The van der Waals surface area contributed by atoms with Gasteiger partial charge in [-0.3, -0.25) is 9.78 Å². The molecule has 11 nitrogen and oxygen atoms in total. The van der Waals surface area contributed by atoms with E-state index in [4.69, 9.17) is 9.72 Å². The number of allylic oxidation sites excluding steroid dienone is 3.